The van der Waals surface area contributed by atoms with Gasteiger partial charge in [-0.2, -0.15) is 0 Å². The lowest BCUT2D eigenvalue weighted by Gasteiger charge is -2.15. The van der Waals surface area contributed by atoms with Gasteiger partial charge in [-0.25, -0.2) is 4.79 Å². The SMILES string of the molecule is N=CCCc1cn([C@@H]2CC[C@H](CO)O2)c(=O)[nH]c1=O. The van der Waals surface area contributed by atoms with Crippen molar-refractivity contribution in [1.82, 2.24) is 9.55 Å². The predicted molar refractivity (Wildman–Crippen MR) is 68.7 cm³/mol. The second-order valence-corrected chi connectivity index (χ2v) is 4.54. The first-order valence-corrected chi connectivity index (χ1v) is 6.25. The number of aromatic amines is 1. The molecule has 1 saturated heterocycles. The number of aryl methyl sites for hydroxylation is 1. The summed E-state index contributed by atoms with van der Waals surface area (Å²) < 4.78 is 6.88. The summed E-state index contributed by atoms with van der Waals surface area (Å²) in [5, 5.41) is 16.0. The highest BCUT2D eigenvalue weighted by Crippen LogP contribution is 2.26. The molecule has 0 unspecified atom stereocenters. The second-order valence-electron chi connectivity index (χ2n) is 4.54. The molecule has 104 valence electrons. The Morgan fingerprint density at radius 1 is 1.53 bits per heavy atom. The Morgan fingerprint density at radius 2 is 2.32 bits per heavy atom. The Hall–Kier alpha value is -1.73. The maximum Gasteiger partial charge on any atom is 0.330 e. The Balaban J connectivity index is 2.27. The molecule has 1 fully saturated rings. The molecule has 2 rings (SSSR count). The van der Waals surface area contributed by atoms with E-state index < -0.39 is 17.5 Å². The highest BCUT2D eigenvalue weighted by molar-refractivity contribution is 5.53. The Morgan fingerprint density at radius 3 is 2.95 bits per heavy atom. The van der Waals surface area contributed by atoms with E-state index in [1.807, 2.05) is 0 Å². The molecular weight excluding hydrogens is 250 g/mol. The molecule has 1 aromatic rings. The van der Waals surface area contributed by atoms with Crippen molar-refractivity contribution in [1.29, 1.82) is 5.41 Å². The minimum absolute atomic E-state index is 0.0741. The van der Waals surface area contributed by atoms with Crippen LogP contribution in [0.5, 0.6) is 0 Å². The lowest BCUT2D eigenvalue weighted by molar-refractivity contribution is -0.0247. The average molecular weight is 267 g/mol. The number of nitrogens with zero attached hydrogens (tertiary/aromatic N) is 1. The Bertz CT molecular complexity index is 563. The molecule has 2 heterocycles. The van der Waals surface area contributed by atoms with Gasteiger partial charge < -0.3 is 15.3 Å². The summed E-state index contributed by atoms with van der Waals surface area (Å²) in [5.74, 6) is 0. The fourth-order valence-corrected chi connectivity index (χ4v) is 2.17. The monoisotopic (exact) mass is 267 g/mol. The molecule has 1 aromatic heterocycles. The van der Waals surface area contributed by atoms with E-state index in [0.29, 0.717) is 31.2 Å². The molecule has 1 aliphatic heterocycles. The van der Waals surface area contributed by atoms with Crippen molar-refractivity contribution in [3.8, 4) is 0 Å². The third-order valence-electron chi connectivity index (χ3n) is 3.20. The molecule has 0 radical (unpaired) electrons. The molecule has 7 nitrogen and oxygen atoms in total. The van der Waals surface area contributed by atoms with E-state index in [1.165, 1.54) is 17.0 Å². The Labute approximate surface area is 109 Å². The van der Waals surface area contributed by atoms with Gasteiger partial charge in [0.05, 0.1) is 12.7 Å². The van der Waals surface area contributed by atoms with Crippen molar-refractivity contribution >= 4 is 6.21 Å². The van der Waals surface area contributed by atoms with Gasteiger partial charge in [0, 0.05) is 11.8 Å². The first-order chi connectivity index (χ1) is 9.15. The zero-order chi connectivity index (χ0) is 13.8. The molecule has 0 bridgehead atoms. The van der Waals surface area contributed by atoms with Gasteiger partial charge >= 0.3 is 5.69 Å². The van der Waals surface area contributed by atoms with Crippen LogP contribution in [0.1, 0.15) is 31.1 Å². The third-order valence-corrected chi connectivity index (χ3v) is 3.20. The number of ether oxygens (including phenoxy) is 1. The molecule has 19 heavy (non-hydrogen) atoms. The van der Waals surface area contributed by atoms with Gasteiger partial charge in [-0.3, -0.25) is 14.3 Å². The van der Waals surface area contributed by atoms with Crippen LogP contribution in [0.2, 0.25) is 0 Å². The van der Waals surface area contributed by atoms with Crippen LogP contribution in [0.3, 0.4) is 0 Å². The maximum atomic E-state index is 11.8. The topological polar surface area (TPSA) is 108 Å². The third kappa shape index (κ3) is 2.99. The van der Waals surface area contributed by atoms with Gasteiger partial charge in [0.15, 0.2) is 0 Å². The van der Waals surface area contributed by atoms with E-state index in [9.17, 15) is 9.59 Å². The summed E-state index contributed by atoms with van der Waals surface area (Å²) in [6.07, 6.45) is 4.19. The van der Waals surface area contributed by atoms with E-state index in [2.05, 4.69) is 4.98 Å². The van der Waals surface area contributed by atoms with Crippen molar-refractivity contribution in [2.24, 2.45) is 0 Å². The van der Waals surface area contributed by atoms with E-state index in [0.717, 1.165) is 0 Å². The number of aromatic nitrogens is 2. The van der Waals surface area contributed by atoms with Gasteiger partial charge in [-0.15, -0.1) is 0 Å². The van der Waals surface area contributed by atoms with E-state index >= 15 is 0 Å². The number of rotatable bonds is 5. The number of H-pyrrole nitrogens is 1. The van der Waals surface area contributed by atoms with Crippen LogP contribution in [0.25, 0.3) is 0 Å². The molecule has 0 spiro atoms. The number of hydrogen-bond acceptors (Lipinski definition) is 5. The van der Waals surface area contributed by atoms with Crippen LogP contribution in [0.15, 0.2) is 15.8 Å². The molecule has 2 atom stereocenters. The summed E-state index contributed by atoms with van der Waals surface area (Å²) in [4.78, 5) is 25.6. The molecule has 7 heteroatoms. The van der Waals surface area contributed by atoms with Crippen molar-refractivity contribution in [3.05, 3.63) is 32.6 Å². The molecule has 0 aliphatic carbocycles. The fourth-order valence-electron chi connectivity index (χ4n) is 2.17. The normalized spacial score (nSPS) is 22.6. The standard InChI is InChI=1S/C12H17N3O4/c13-5-1-2-8-6-15(12(18)14-11(8)17)10-4-3-9(7-16)19-10/h5-6,9-10,13,16H,1-4,7H2,(H,14,17,18)/t9-,10+/m1/s1. The van der Waals surface area contributed by atoms with Crippen molar-refractivity contribution in [2.75, 3.05) is 6.61 Å². The number of nitrogens with one attached hydrogen (secondary N) is 2. The van der Waals surface area contributed by atoms with Crippen LogP contribution in [0, 0.1) is 5.41 Å². The lowest BCUT2D eigenvalue weighted by Crippen LogP contribution is -2.34. The first kappa shape index (κ1) is 13.7. The zero-order valence-electron chi connectivity index (χ0n) is 10.5. The van der Waals surface area contributed by atoms with Gasteiger partial charge in [-0.05, 0) is 31.9 Å². The van der Waals surface area contributed by atoms with E-state index in [4.69, 9.17) is 15.3 Å². The number of hydrogen-bond donors (Lipinski definition) is 3. The minimum atomic E-state index is -0.507. The van der Waals surface area contributed by atoms with Gasteiger partial charge in [0.2, 0.25) is 0 Å². The second kappa shape index (κ2) is 5.94. The van der Waals surface area contributed by atoms with Crippen molar-refractivity contribution in [2.45, 2.75) is 38.0 Å². The highest BCUT2D eigenvalue weighted by Gasteiger charge is 2.27. The molecule has 1 aliphatic rings. The highest BCUT2D eigenvalue weighted by atomic mass is 16.5. The van der Waals surface area contributed by atoms with Crippen LogP contribution in [-0.2, 0) is 11.2 Å². The lowest BCUT2D eigenvalue weighted by atomic mass is 10.2. The van der Waals surface area contributed by atoms with Crippen molar-refractivity contribution in [3.63, 3.8) is 0 Å². The van der Waals surface area contributed by atoms with Crippen LogP contribution in [0.4, 0.5) is 0 Å². The smallest absolute Gasteiger partial charge is 0.330 e. The summed E-state index contributed by atoms with van der Waals surface area (Å²) in [6.45, 7) is -0.0741. The van der Waals surface area contributed by atoms with Gasteiger partial charge in [0.1, 0.15) is 6.23 Å². The fraction of sp³-hybridized carbons (Fsp3) is 0.583. The average Bonchev–Trinajstić information content (AvgIpc) is 2.86. The summed E-state index contributed by atoms with van der Waals surface area (Å²) in [6, 6.07) is 0. The largest absolute Gasteiger partial charge is 0.394 e. The first-order valence-electron chi connectivity index (χ1n) is 6.25. The minimum Gasteiger partial charge on any atom is -0.394 e. The quantitative estimate of drug-likeness (QED) is 0.641. The van der Waals surface area contributed by atoms with E-state index in [1.54, 1.807) is 0 Å². The van der Waals surface area contributed by atoms with Crippen LogP contribution in [-0.4, -0.2) is 33.6 Å². The van der Waals surface area contributed by atoms with E-state index in [-0.39, 0.29) is 12.7 Å². The molecule has 0 amide bonds. The zero-order valence-corrected chi connectivity index (χ0v) is 10.5. The summed E-state index contributed by atoms with van der Waals surface area (Å²) in [5.41, 5.74) is -0.467. The van der Waals surface area contributed by atoms with Gasteiger partial charge in [-0.1, -0.05) is 0 Å². The Kier molecular flexibility index (Phi) is 4.28. The number of aliphatic hydroxyl groups is 1. The van der Waals surface area contributed by atoms with Crippen LogP contribution < -0.4 is 11.2 Å². The van der Waals surface area contributed by atoms with Crippen LogP contribution >= 0.6 is 0 Å². The summed E-state index contributed by atoms with van der Waals surface area (Å²) >= 11 is 0. The maximum absolute atomic E-state index is 11.8. The van der Waals surface area contributed by atoms with Crippen molar-refractivity contribution < 1.29 is 9.84 Å². The molecule has 3 N–H and O–H groups in total. The number of aliphatic hydroxyl groups excluding tert-OH is 1. The molecule has 0 aromatic carbocycles. The summed E-state index contributed by atoms with van der Waals surface area (Å²) in [7, 11) is 0. The molecular formula is C12H17N3O4. The van der Waals surface area contributed by atoms with Gasteiger partial charge in [0.25, 0.3) is 5.56 Å². The molecule has 0 saturated carbocycles. The predicted octanol–water partition coefficient (Wildman–Crippen LogP) is -0.211.